The minimum absolute atomic E-state index is 0.178. The van der Waals surface area contributed by atoms with Crippen LogP contribution in [0.5, 0.6) is 0 Å². The van der Waals surface area contributed by atoms with Gasteiger partial charge >= 0.3 is 5.97 Å². The van der Waals surface area contributed by atoms with Gasteiger partial charge in [0, 0.05) is 45.0 Å². The van der Waals surface area contributed by atoms with Crippen LogP contribution in [0.3, 0.4) is 0 Å². The summed E-state index contributed by atoms with van der Waals surface area (Å²) in [4.78, 5) is 25.3. The fraction of sp³-hybridized carbons (Fsp3) is 0.556. The van der Waals surface area contributed by atoms with Crippen LogP contribution in [-0.4, -0.2) is 81.4 Å². The van der Waals surface area contributed by atoms with E-state index in [0.29, 0.717) is 38.3 Å². The highest BCUT2D eigenvalue weighted by Gasteiger charge is 2.39. The summed E-state index contributed by atoms with van der Waals surface area (Å²) in [5.41, 5.74) is 2.97. The van der Waals surface area contributed by atoms with Gasteiger partial charge in [-0.15, -0.1) is 0 Å². The van der Waals surface area contributed by atoms with E-state index in [1.54, 1.807) is 17.6 Å². The molecule has 1 aromatic carbocycles. The number of rotatable bonds is 5. The summed E-state index contributed by atoms with van der Waals surface area (Å²) in [5, 5.41) is 11.1. The molecule has 2 fully saturated rings. The maximum atomic E-state index is 13.0. The first-order valence-corrected chi connectivity index (χ1v) is 10.9. The predicted molar refractivity (Wildman–Crippen MR) is 105 cm³/mol. The van der Waals surface area contributed by atoms with Gasteiger partial charge in [0.25, 0.3) is 0 Å². The van der Waals surface area contributed by atoms with Crippen molar-refractivity contribution < 1.29 is 28.0 Å². The Morgan fingerprint density at radius 3 is 2.38 bits per heavy atom. The molecule has 10 nitrogen and oxygen atoms in total. The van der Waals surface area contributed by atoms with Crippen molar-refractivity contribution in [2.75, 3.05) is 51.3 Å². The number of hydroxylamine groups is 1. The van der Waals surface area contributed by atoms with Crippen LogP contribution in [0.15, 0.2) is 24.3 Å². The van der Waals surface area contributed by atoms with Crippen molar-refractivity contribution in [2.24, 2.45) is 5.92 Å². The quantitative estimate of drug-likeness (QED) is 0.324. The number of amides is 1. The molecule has 3 N–H and O–H groups in total. The van der Waals surface area contributed by atoms with Crippen molar-refractivity contribution in [2.45, 2.75) is 11.7 Å². The molecule has 2 atom stereocenters. The summed E-state index contributed by atoms with van der Waals surface area (Å²) in [6, 6.07) is 7.01. The van der Waals surface area contributed by atoms with Gasteiger partial charge in [0.1, 0.15) is 0 Å². The number of piperidine rings is 1. The van der Waals surface area contributed by atoms with E-state index in [1.165, 1.54) is 11.4 Å². The van der Waals surface area contributed by atoms with E-state index in [4.69, 9.17) is 9.94 Å². The van der Waals surface area contributed by atoms with Gasteiger partial charge in [0.15, 0.2) is 0 Å². The summed E-state index contributed by atoms with van der Waals surface area (Å²) in [7, 11) is -2.24. The average Bonchev–Trinajstić information content (AvgIpc) is 2.78. The second kappa shape index (κ2) is 9.08. The van der Waals surface area contributed by atoms with E-state index in [0.717, 1.165) is 5.69 Å². The summed E-state index contributed by atoms with van der Waals surface area (Å²) in [6.45, 7) is 2.36. The molecule has 29 heavy (non-hydrogen) atoms. The number of methoxy groups -OCH3 is 1. The number of nitrogens with zero attached hydrogens (tertiary/aromatic N) is 2. The first-order valence-electron chi connectivity index (χ1n) is 9.43. The summed E-state index contributed by atoms with van der Waals surface area (Å²) >= 11 is 0. The van der Waals surface area contributed by atoms with Gasteiger partial charge in [-0.3, -0.25) is 10.0 Å². The van der Waals surface area contributed by atoms with Gasteiger partial charge < -0.3 is 15.0 Å². The first-order chi connectivity index (χ1) is 13.9. The number of piperazine rings is 1. The molecule has 160 valence electrons. The van der Waals surface area contributed by atoms with Crippen molar-refractivity contribution in [3.63, 3.8) is 0 Å². The van der Waals surface area contributed by atoms with E-state index >= 15 is 0 Å². The SMILES string of the molecule is COC(=O)c1ccc(N2CCN(S(=O)(=O)C3CNCC(C(=O)NO)C3)CC2)cc1. The molecule has 2 aliphatic heterocycles. The van der Waals surface area contributed by atoms with Gasteiger partial charge in [-0.05, 0) is 30.7 Å². The number of ether oxygens (including phenoxy) is 1. The minimum Gasteiger partial charge on any atom is -0.465 e. The Morgan fingerprint density at radius 2 is 1.79 bits per heavy atom. The van der Waals surface area contributed by atoms with Crippen LogP contribution in [-0.2, 0) is 19.6 Å². The van der Waals surface area contributed by atoms with Crippen LogP contribution in [0.1, 0.15) is 16.8 Å². The molecular weight excluding hydrogens is 400 g/mol. The second-order valence-electron chi connectivity index (χ2n) is 7.16. The lowest BCUT2D eigenvalue weighted by atomic mass is 9.99. The summed E-state index contributed by atoms with van der Waals surface area (Å²) < 4.78 is 32.2. The average molecular weight is 426 g/mol. The maximum Gasteiger partial charge on any atom is 0.337 e. The molecule has 2 unspecified atom stereocenters. The lowest BCUT2D eigenvalue weighted by Gasteiger charge is -2.38. The molecule has 2 heterocycles. The fourth-order valence-corrected chi connectivity index (χ4v) is 5.66. The number of esters is 1. The van der Waals surface area contributed by atoms with Crippen molar-refractivity contribution in [1.82, 2.24) is 15.1 Å². The van der Waals surface area contributed by atoms with E-state index < -0.39 is 33.1 Å². The van der Waals surface area contributed by atoms with Gasteiger partial charge in [0.2, 0.25) is 15.9 Å². The highest BCUT2D eigenvalue weighted by atomic mass is 32.2. The molecular formula is C18H26N4O6S. The summed E-state index contributed by atoms with van der Waals surface area (Å²) in [5.74, 6) is -1.55. The molecule has 2 saturated heterocycles. The Morgan fingerprint density at radius 1 is 1.14 bits per heavy atom. The summed E-state index contributed by atoms with van der Waals surface area (Å²) in [6.07, 6.45) is 0.178. The molecule has 1 amide bonds. The number of carbonyl (C=O) groups is 2. The van der Waals surface area contributed by atoms with Crippen molar-refractivity contribution in [3.8, 4) is 0 Å². The third-order valence-corrected chi connectivity index (χ3v) is 7.75. The Bertz CT molecular complexity index is 836. The number of hydrogen-bond acceptors (Lipinski definition) is 8. The normalized spacial score (nSPS) is 23.4. The molecule has 0 saturated carbocycles. The Labute approximate surface area is 169 Å². The van der Waals surface area contributed by atoms with Crippen LogP contribution >= 0.6 is 0 Å². The Kier molecular flexibility index (Phi) is 6.73. The van der Waals surface area contributed by atoms with E-state index in [1.807, 2.05) is 12.1 Å². The van der Waals surface area contributed by atoms with Gasteiger partial charge in [0.05, 0.1) is 23.8 Å². The highest BCUT2D eigenvalue weighted by molar-refractivity contribution is 7.89. The monoisotopic (exact) mass is 426 g/mol. The number of anilines is 1. The van der Waals surface area contributed by atoms with Crippen molar-refractivity contribution >= 4 is 27.6 Å². The lowest BCUT2D eigenvalue weighted by molar-refractivity contribution is -0.133. The van der Waals surface area contributed by atoms with Crippen LogP contribution in [0.25, 0.3) is 0 Å². The highest BCUT2D eigenvalue weighted by Crippen LogP contribution is 2.24. The number of carbonyl (C=O) groups excluding carboxylic acids is 2. The molecule has 0 aliphatic carbocycles. The van der Waals surface area contributed by atoms with E-state index in [-0.39, 0.29) is 13.0 Å². The molecule has 0 aromatic heterocycles. The Balaban J connectivity index is 1.60. The second-order valence-corrected chi connectivity index (χ2v) is 9.37. The number of hydrogen-bond donors (Lipinski definition) is 3. The molecule has 3 rings (SSSR count). The third kappa shape index (κ3) is 4.69. The first kappa shape index (κ1) is 21.5. The molecule has 11 heteroatoms. The predicted octanol–water partition coefficient (Wildman–Crippen LogP) is -0.591. The van der Waals surface area contributed by atoms with Gasteiger partial charge in [-0.25, -0.2) is 18.7 Å². The Hall–Kier alpha value is -2.21. The van der Waals surface area contributed by atoms with Crippen LogP contribution in [0, 0.1) is 5.92 Å². The smallest absolute Gasteiger partial charge is 0.337 e. The zero-order valence-corrected chi connectivity index (χ0v) is 17.0. The van der Waals surface area contributed by atoms with Crippen LogP contribution < -0.4 is 15.7 Å². The van der Waals surface area contributed by atoms with Gasteiger partial charge in [-0.1, -0.05) is 0 Å². The minimum atomic E-state index is -3.57. The van der Waals surface area contributed by atoms with Crippen LogP contribution in [0.2, 0.25) is 0 Å². The zero-order chi connectivity index (χ0) is 21.0. The largest absolute Gasteiger partial charge is 0.465 e. The van der Waals surface area contributed by atoms with E-state index in [2.05, 4.69) is 10.2 Å². The topological polar surface area (TPSA) is 128 Å². The fourth-order valence-electron chi connectivity index (χ4n) is 3.76. The van der Waals surface area contributed by atoms with E-state index in [9.17, 15) is 18.0 Å². The number of sulfonamides is 1. The third-order valence-electron chi connectivity index (χ3n) is 5.46. The number of benzene rings is 1. The van der Waals surface area contributed by atoms with Crippen molar-refractivity contribution in [1.29, 1.82) is 0 Å². The number of nitrogens with one attached hydrogen (secondary N) is 2. The molecule has 1 aromatic rings. The van der Waals surface area contributed by atoms with Crippen molar-refractivity contribution in [3.05, 3.63) is 29.8 Å². The van der Waals surface area contributed by atoms with Crippen LogP contribution in [0.4, 0.5) is 5.69 Å². The molecule has 2 aliphatic rings. The molecule has 0 radical (unpaired) electrons. The molecule has 0 spiro atoms. The lowest BCUT2D eigenvalue weighted by Crippen LogP contribution is -2.55. The van der Waals surface area contributed by atoms with Gasteiger partial charge in [-0.2, -0.15) is 4.31 Å². The standard InChI is InChI=1S/C18H26N4O6S/c1-28-18(24)13-2-4-15(5-3-13)21-6-8-22(9-7-21)29(26,27)16-10-14(11-19-12-16)17(23)20-25/h2-5,14,16,19,25H,6-12H2,1H3,(H,20,23). The maximum absolute atomic E-state index is 13.0. The zero-order valence-electron chi connectivity index (χ0n) is 16.2. The molecule has 0 bridgehead atoms.